The Morgan fingerprint density at radius 3 is 2.62 bits per heavy atom. The van der Waals surface area contributed by atoms with Crippen LogP contribution in [0.25, 0.3) is 16.9 Å². The van der Waals surface area contributed by atoms with Gasteiger partial charge in [0.2, 0.25) is 11.9 Å². The number of hydrogen-bond acceptors (Lipinski definition) is 7. The number of imidazole rings is 1. The minimum Gasteiger partial charge on any atom is -0.341 e. The van der Waals surface area contributed by atoms with Crippen molar-refractivity contribution in [3.05, 3.63) is 81.0 Å². The molecule has 4 N–H and O–H groups in total. The number of aliphatic imine (C=N–C) groups is 1. The van der Waals surface area contributed by atoms with Crippen molar-refractivity contribution < 1.29 is 4.79 Å². The van der Waals surface area contributed by atoms with E-state index in [1.54, 1.807) is 24.3 Å². The van der Waals surface area contributed by atoms with Crippen molar-refractivity contribution in [2.45, 2.75) is 25.4 Å². The maximum absolute atomic E-state index is 13.9. The normalized spacial score (nSPS) is 17.8. The summed E-state index contributed by atoms with van der Waals surface area (Å²) in [5, 5.41) is 2.82. The summed E-state index contributed by atoms with van der Waals surface area (Å²) in [4.78, 5) is 54.1. The molecule has 11 nitrogen and oxygen atoms in total. The van der Waals surface area contributed by atoms with Crippen molar-refractivity contribution in [1.29, 1.82) is 0 Å². The Hall–Kier alpha value is -4.51. The summed E-state index contributed by atoms with van der Waals surface area (Å²) in [6, 6.07) is 16.3. The van der Waals surface area contributed by atoms with Gasteiger partial charge in [0.1, 0.15) is 6.54 Å². The zero-order valence-electron chi connectivity index (χ0n) is 20.1. The summed E-state index contributed by atoms with van der Waals surface area (Å²) in [5.74, 6) is 0.251. The van der Waals surface area contributed by atoms with Gasteiger partial charge < -0.3 is 20.9 Å². The van der Waals surface area contributed by atoms with Gasteiger partial charge in [-0.25, -0.2) is 9.36 Å². The molecule has 0 aliphatic carbocycles. The number of carbonyl (C=O) groups excluding carboxylic acids is 1. The van der Waals surface area contributed by atoms with Crippen LogP contribution in [0.15, 0.2) is 69.2 Å². The lowest BCUT2D eigenvalue weighted by molar-refractivity contribution is -0.114. The molecule has 0 saturated carbocycles. The molecule has 0 spiro atoms. The topological polar surface area (TPSA) is 143 Å². The second-order valence-electron chi connectivity index (χ2n) is 9.31. The van der Waals surface area contributed by atoms with Crippen LogP contribution in [0.3, 0.4) is 0 Å². The molecule has 1 amide bonds. The molecular formula is C26H26N8O3. The van der Waals surface area contributed by atoms with E-state index in [1.807, 2.05) is 35.2 Å². The number of amides is 1. The SMILES string of the molecule is NC1CCCN(c2nc3c([nH]2)c(=O)n(CC2=NCC(=O)Nc4ccccc42)c(=O)n3-c2ccccc2)C1. The molecule has 4 aromatic rings. The predicted octanol–water partition coefficient (Wildman–Crippen LogP) is 1.24. The van der Waals surface area contributed by atoms with Gasteiger partial charge in [-0.2, -0.15) is 4.98 Å². The van der Waals surface area contributed by atoms with Gasteiger partial charge in [-0.1, -0.05) is 36.4 Å². The molecular weight excluding hydrogens is 472 g/mol. The maximum atomic E-state index is 13.9. The smallest absolute Gasteiger partial charge is 0.337 e. The van der Waals surface area contributed by atoms with E-state index in [0.29, 0.717) is 35.1 Å². The summed E-state index contributed by atoms with van der Waals surface area (Å²) in [7, 11) is 0. The average molecular weight is 499 g/mol. The van der Waals surface area contributed by atoms with E-state index in [0.717, 1.165) is 24.0 Å². The number of nitrogens with two attached hydrogens (primary N) is 1. The average Bonchev–Trinajstić information content (AvgIpc) is 3.28. The minimum absolute atomic E-state index is 0.0135. The van der Waals surface area contributed by atoms with Gasteiger partial charge in [-0.05, 0) is 31.0 Å². The highest BCUT2D eigenvalue weighted by atomic mass is 16.2. The fourth-order valence-electron chi connectivity index (χ4n) is 4.97. The molecule has 2 aromatic carbocycles. The molecule has 2 aliphatic rings. The first-order valence-corrected chi connectivity index (χ1v) is 12.2. The number of benzodiazepines with no additional fused rings is 1. The number of benzene rings is 2. The highest BCUT2D eigenvalue weighted by Gasteiger charge is 2.25. The Morgan fingerprint density at radius 2 is 1.81 bits per heavy atom. The number of piperidine rings is 1. The number of nitrogens with zero attached hydrogens (tertiary/aromatic N) is 5. The first kappa shape index (κ1) is 22.9. The zero-order valence-corrected chi connectivity index (χ0v) is 20.1. The fraction of sp³-hybridized carbons (Fsp3) is 0.269. The second kappa shape index (κ2) is 9.17. The van der Waals surface area contributed by atoms with Crippen molar-refractivity contribution in [3.8, 4) is 5.69 Å². The molecule has 0 radical (unpaired) electrons. The van der Waals surface area contributed by atoms with Crippen molar-refractivity contribution >= 4 is 34.4 Å². The van der Waals surface area contributed by atoms with Gasteiger partial charge in [-0.3, -0.25) is 19.1 Å². The van der Waals surface area contributed by atoms with Gasteiger partial charge in [0.05, 0.1) is 17.9 Å². The summed E-state index contributed by atoms with van der Waals surface area (Å²) in [5.41, 5.74) is 7.91. The Balaban J connectivity index is 1.54. The molecule has 188 valence electrons. The summed E-state index contributed by atoms with van der Waals surface area (Å²) in [6.45, 7) is 1.16. The fourth-order valence-corrected chi connectivity index (χ4v) is 4.97. The second-order valence-corrected chi connectivity index (χ2v) is 9.31. The first-order chi connectivity index (χ1) is 18.0. The van der Waals surface area contributed by atoms with Crippen LogP contribution in [0, 0.1) is 0 Å². The largest absolute Gasteiger partial charge is 0.341 e. The Kier molecular flexibility index (Phi) is 5.68. The summed E-state index contributed by atoms with van der Waals surface area (Å²) >= 11 is 0. The highest BCUT2D eigenvalue weighted by Crippen LogP contribution is 2.22. The van der Waals surface area contributed by atoms with E-state index in [4.69, 9.17) is 10.7 Å². The van der Waals surface area contributed by atoms with Crippen molar-refractivity contribution in [3.63, 3.8) is 0 Å². The quantitative estimate of drug-likeness (QED) is 0.386. The Morgan fingerprint density at radius 1 is 1.03 bits per heavy atom. The molecule has 1 atom stereocenters. The molecule has 1 fully saturated rings. The number of hydrogen-bond donors (Lipinski definition) is 3. The number of anilines is 2. The van der Waals surface area contributed by atoms with Crippen LogP contribution in [-0.4, -0.2) is 56.4 Å². The number of nitrogens with one attached hydrogen (secondary N) is 2. The van der Waals surface area contributed by atoms with Crippen LogP contribution in [0.1, 0.15) is 18.4 Å². The van der Waals surface area contributed by atoms with Crippen molar-refractivity contribution in [2.75, 3.05) is 29.9 Å². The van der Waals surface area contributed by atoms with Gasteiger partial charge in [0.25, 0.3) is 5.56 Å². The van der Waals surface area contributed by atoms with Gasteiger partial charge in [0, 0.05) is 30.4 Å². The van der Waals surface area contributed by atoms with E-state index in [1.165, 1.54) is 4.57 Å². The molecule has 2 aliphatic heterocycles. The predicted molar refractivity (Wildman–Crippen MR) is 142 cm³/mol. The first-order valence-electron chi connectivity index (χ1n) is 12.2. The number of fused-ring (bicyclic) bond motifs is 2. The van der Waals surface area contributed by atoms with Crippen molar-refractivity contribution in [2.24, 2.45) is 10.7 Å². The molecule has 1 unspecified atom stereocenters. The standard InChI is InChI=1S/C26H26N8O3/c27-16-7-6-12-32(14-16)25-30-22-23(31-25)34(17-8-2-1-3-9-17)26(37)33(24(22)36)15-20-18-10-4-5-11-19(18)29-21(35)13-28-20/h1-5,8-11,16H,6-7,12-15,27H2,(H,29,35)(H,30,31). The molecule has 6 rings (SSSR count). The summed E-state index contributed by atoms with van der Waals surface area (Å²) in [6.07, 6.45) is 1.85. The number of aromatic nitrogens is 4. The van der Waals surface area contributed by atoms with Crippen LogP contribution >= 0.6 is 0 Å². The number of aromatic amines is 1. The maximum Gasteiger partial charge on any atom is 0.337 e. The van der Waals surface area contributed by atoms with Crippen LogP contribution < -0.4 is 27.2 Å². The van der Waals surface area contributed by atoms with E-state index in [9.17, 15) is 14.4 Å². The van der Waals surface area contributed by atoms with E-state index in [-0.39, 0.29) is 36.2 Å². The molecule has 1 saturated heterocycles. The Labute approximate surface area is 211 Å². The Bertz CT molecular complexity index is 1650. The lowest BCUT2D eigenvalue weighted by Gasteiger charge is -2.30. The number of rotatable bonds is 4. The van der Waals surface area contributed by atoms with Crippen molar-refractivity contribution in [1.82, 2.24) is 19.1 Å². The molecule has 4 heterocycles. The molecule has 11 heteroatoms. The number of carbonyl (C=O) groups is 1. The zero-order chi connectivity index (χ0) is 25.5. The number of H-pyrrole nitrogens is 1. The van der Waals surface area contributed by atoms with Crippen LogP contribution in [0.2, 0.25) is 0 Å². The van der Waals surface area contributed by atoms with E-state index in [2.05, 4.69) is 15.3 Å². The monoisotopic (exact) mass is 498 g/mol. The third-order valence-electron chi connectivity index (χ3n) is 6.77. The van der Waals surface area contributed by atoms with Crippen LogP contribution in [0.5, 0.6) is 0 Å². The van der Waals surface area contributed by atoms with Gasteiger partial charge >= 0.3 is 5.69 Å². The van der Waals surface area contributed by atoms with Gasteiger partial charge in [0.15, 0.2) is 11.2 Å². The third kappa shape index (κ3) is 4.12. The van der Waals surface area contributed by atoms with Crippen LogP contribution in [-0.2, 0) is 11.3 Å². The third-order valence-corrected chi connectivity index (χ3v) is 6.77. The molecule has 0 bridgehead atoms. The lowest BCUT2D eigenvalue weighted by atomic mass is 10.1. The van der Waals surface area contributed by atoms with E-state index >= 15 is 0 Å². The van der Waals surface area contributed by atoms with Gasteiger partial charge in [-0.15, -0.1) is 0 Å². The van der Waals surface area contributed by atoms with E-state index < -0.39 is 11.2 Å². The minimum atomic E-state index is -0.541. The summed E-state index contributed by atoms with van der Waals surface area (Å²) < 4.78 is 2.58. The highest BCUT2D eigenvalue weighted by molar-refractivity contribution is 6.10. The van der Waals surface area contributed by atoms with Crippen LogP contribution in [0.4, 0.5) is 11.6 Å². The lowest BCUT2D eigenvalue weighted by Crippen LogP contribution is -2.43. The molecule has 37 heavy (non-hydrogen) atoms. The number of para-hydroxylation sites is 2. The molecule has 2 aromatic heterocycles.